The molecule has 0 radical (unpaired) electrons. The highest BCUT2D eigenvalue weighted by Crippen LogP contribution is 2.32. The van der Waals surface area contributed by atoms with E-state index in [9.17, 15) is 9.59 Å². The van der Waals surface area contributed by atoms with Gasteiger partial charge in [-0.25, -0.2) is 0 Å². The summed E-state index contributed by atoms with van der Waals surface area (Å²) in [6.07, 6.45) is 0.167. The summed E-state index contributed by atoms with van der Waals surface area (Å²) in [6.45, 7) is 3.87. The maximum absolute atomic E-state index is 12.8. The minimum atomic E-state index is -0.424. The Morgan fingerprint density at radius 3 is 2.48 bits per heavy atom. The molecule has 29 heavy (non-hydrogen) atoms. The number of rotatable bonds is 8. The summed E-state index contributed by atoms with van der Waals surface area (Å²) < 4.78 is 10.6. The van der Waals surface area contributed by atoms with Gasteiger partial charge in [0, 0.05) is 43.4 Å². The first-order chi connectivity index (χ1) is 14.0. The molecule has 2 N–H and O–H groups in total. The third-order valence-corrected chi connectivity index (χ3v) is 4.98. The number of carbonyl (C=O) groups is 2. The van der Waals surface area contributed by atoms with Crippen molar-refractivity contribution in [2.75, 3.05) is 37.5 Å². The Morgan fingerprint density at radius 1 is 1.14 bits per heavy atom. The number of methoxy groups -OCH3 is 2. The molecule has 3 rings (SSSR count). The van der Waals surface area contributed by atoms with Crippen molar-refractivity contribution >= 4 is 23.2 Å². The fourth-order valence-electron chi connectivity index (χ4n) is 3.37. The van der Waals surface area contributed by atoms with E-state index in [4.69, 9.17) is 9.47 Å². The van der Waals surface area contributed by atoms with Crippen LogP contribution in [0.15, 0.2) is 42.5 Å². The topological polar surface area (TPSA) is 79.9 Å². The maximum Gasteiger partial charge on any atom is 0.229 e. The van der Waals surface area contributed by atoms with Gasteiger partial charge in [-0.3, -0.25) is 9.59 Å². The Morgan fingerprint density at radius 2 is 1.83 bits per heavy atom. The average molecular weight is 397 g/mol. The van der Waals surface area contributed by atoms with E-state index in [1.807, 2.05) is 31.2 Å². The zero-order valence-electron chi connectivity index (χ0n) is 17.0. The molecule has 0 bridgehead atoms. The van der Waals surface area contributed by atoms with Gasteiger partial charge < -0.3 is 25.0 Å². The Bertz CT molecular complexity index is 862. The van der Waals surface area contributed by atoms with Crippen LogP contribution in [0.2, 0.25) is 0 Å². The van der Waals surface area contributed by atoms with Crippen LogP contribution in [0.25, 0.3) is 0 Å². The fourth-order valence-corrected chi connectivity index (χ4v) is 3.37. The molecule has 1 fully saturated rings. The van der Waals surface area contributed by atoms with Crippen LogP contribution in [0.3, 0.4) is 0 Å². The van der Waals surface area contributed by atoms with Gasteiger partial charge in [-0.15, -0.1) is 0 Å². The number of para-hydroxylation sites is 1. The van der Waals surface area contributed by atoms with Crippen LogP contribution in [0.1, 0.15) is 18.9 Å². The summed E-state index contributed by atoms with van der Waals surface area (Å²) >= 11 is 0. The normalized spacial score (nSPS) is 16.0. The van der Waals surface area contributed by atoms with E-state index in [-0.39, 0.29) is 18.2 Å². The number of hydrogen-bond acceptors (Lipinski definition) is 5. The van der Waals surface area contributed by atoms with Crippen LogP contribution in [0.4, 0.5) is 11.4 Å². The molecule has 1 heterocycles. The van der Waals surface area contributed by atoms with Crippen LogP contribution in [-0.2, 0) is 16.1 Å². The molecule has 0 spiro atoms. The molecular weight excluding hydrogens is 370 g/mol. The minimum Gasteiger partial charge on any atom is -0.497 e. The Balaban J connectivity index is 1.73. The lowest BCUT2D eigenvalue weighted by Gasteiger charge is -2.19. The van der Waals surface area contributed by atoms with Crippen LogP contribution in [0, 0.1) is 5.92 Å². The van der Waals surface area contributed by atoms with Crippen molar-refractivity contribution in [2.24, 2.45) is 5.92 Å². The lowest BCUT2D eigenvalue weighted by atomic mass is 10.1. The minimum absolute atomic E-state index is 0.0959. The summed E-state index contributed by atoms with van der Waals surface area (Å²) in [5.41, 5.74) is 2.45. The summed E-state index contributed by atoms with van der Waals surface area (Å²) in [6, 6.07) is 13.0. The first-order valence-corrected chi connectivity index (χ1v) is 9.68. The zero-order chi connectivity index (χ0) is 20.8. The van der Waals surface area contributed by atoms with Gasteiger partial charge in [0.15, 0.2) is 0 Å². The van der Waals surface area contributed by atoms with Gasteiger partial charge in [0.25, 0.3) is 0 Å². The third-order valence-electron chi connectivity index (χ3n) is 4.98. The lowest BCUT2D eigenvalue weighted by Crippen LogP contribution is -2.28. The molecular formula is C22H27N3O4. The molecule has 1 saturated heterocycles. The van der Waals surface area contributed by atoms with Gasteiger partial charge in [0.1, 0.15) is 11.5 Å². The maximum atomic E-state index is 12.8. The van der Waals surface area contributed by atoms with Gasteiger partial charge in [0.05, 0.1) is 25.8 Å². The second-order valence-electron chi connectivity index (χ2n) is 6.90. The Hall–Kier alpha value is -3.06. The summed E-state index contributed by atoms with van der Waals surface area (Å²) in [5.74, 6) is 0.516. The smallest absolute Gasteiger partial charge is 0.229 e. The van der Waals surface area contributed by atoms with Gasteiger partial charge in [0.2, 0.25) is 11.8 Å². The molecule has 1 aliphatic heterocycles. The number of carbonyl (C=O) groups excluding carboxylic acids is 2. The van der Waals surface area contributed by atoms with Gasteiger partial charge in [-0.2, -0.15) is 0 Å². The first-order valence-electron chi connectivity index (χ1n) is 9.68. The zero-order valence-corrected chi connectivity index (χ0v) is 17.0. The molecule has 2 amide bonds. The number of hydrogen-bond donors (Lipinski definition) is 2. The molecule has 7 nitrogen and oxygen atoms in total. The molecule has 7 heteroatoms. The number of amides is 2. The fraction of sp³-hybridized carbons (Fsp3) is 0.364. The lowest BCUT2D eigenvalue weighted by molar-refractivity contribution is -0.122. The van der Waals surface area contributed by atoms with Crippen molar-refractivity contribution in [3.05, 3.63) is 48.0 Å². The van der Waals surface area contributed by atoms with Gasteiger partial charge in [-0.05, 0) is 18.2 Å². The Labute approximate surface area is 171 Å². The molecule has 0 saturated carbocycles. The largest absolute Gasteiger partial charge is 0.497 e. The highest BCUT2D eigenvalue weighted by atomic mass is 16.5. The molecule has 1 unspecified atom stereocenters. The molecule has 1 atom stereocenters. The van der Waals surface area contributed by atoms with Gasteiger partial charge in [-0.1, -0.05) is 25.1 Å². The Kier molecular flexibility index (Phi) is 6.72. The van der Waals surface area contributed by atoms with Crippen LogP contribution in [0.5, 0.6) is 11.5 Å². The van der Waals surface area contributed by atoms with Crippen molar-refractivity contribution in [3.8, 4) is 11.5 Å². The standard InChI is InChI=1S/C22H27N3O4/c1-4-23-13-15-7-5-6-8-20(15)24-22(27)16-9-21(26)25(14-16)17-10-18(28-2)12-19(11-17)29-3/h5-8,10-12,16,23H,4,9,13-14H2,1-3H3,(H,24,27). The monoisotopic (exact) mass is 397 g/mol. The second kappa shape index (κ2) is 9.43. The van der Waals surface area contributed by atoms with Crippen molar-refractivity contribution < 1.29 is 19.1 Å². The van der Waals surface area contributed by atoms with Crippen molar-refractivity contribution in [3.63, 3.8) is 0 Å². The molecule has 2 aromatic carbocycles. The number of nitrogens with one attached hydrogen (secondary N) is 2. The number of ether oxygens (including phenoxy) is 2. The molecule has 2 aromatic rings. The van der Waals surface area contributed by atoms with Gasteiger partial charge >= 0.3 is 0 Å². The van der Waals surface area contributed by atoms with E-state index in [0.717, 1.165) is 17.8 Å². The number of nitrogens with zero attached hydrogens (tertiary/aromatic N) is 1. The first kappa shape index (κ1) is 20.7. The van der Waals surface area contributed by atoms with E-state index in [1.54, 1.807) is 37.3 Å². The summed E-state index contributed by atoms with van der Waals surface area (Å²) in [7, 11) is 3.12. The summed E-state index contributed by atoms with van der Waals surface area (Å²) in [5, 5.41) is 6.26. The SMILES string of the molecule is CCNCc1ccccc1NC(=O)C1CC(=O)N(c2cc(OC)cc(OC)c2)C1. The van der Waals surface area contributed by atoms with Crippen LogP contribution < -0.4 is 25.0 Å². The summed E-state index contributed by atoms with van der Waals surface area (Å²) in [4.78, 5) is 27.1. The quantitative estimate of drug-likeness (QED) is 0.716. The van der Waals surface area contributed by atoms with E-state index in [0.29, 0.717) is 30.3 Å². The highest BCUT2D eigenvalue weighted by Gasteiger charge is 2.35. The number of anilines is 2. The second-order valence-corrected chi connectivity index (χ2v) is 6.90. The van der Waals surface area contributed by atoms with Crippen molar-refractivity contribution in [2.45, 2.75) is 19.9 Å². The number of benzene rings is 2. The molecule has 154 valence electrons. The predicted molar refractivity (Wildman–Crippen MR) is 112 cm³/mol. The van der Waals surface area contributed by atoms with E-state index >= 15 is 0 Å². The molecule has 0 aliphatic carbocycles. The molecule has 1 aliphatic rings. The predicted octanol–water partition coefficient (Wildman–Crippen LogP) is 2.80. The molecule has 0 aromatic heterocycles. The average Bonchev–Trinajstić information content (AvgIpc) is 3.14. The van der Waals surface area contributed by atoms with E-state index in [1.165, 1.54) is 0 Å². The van der Waals surface area contributed by atoms with E-state index < -0.39 is 5.92 Å². The van der Waals surface area contributed by atoms with Crippen LogP contribution in [-0.4, -0.2) is 39.1 Å². The van der Waals surface area contributed by atoms with Crippen LogP contribution >= 0.6 is 0 Å². The third kappa shape index (κ3) is 4.86. The van der Waals surface area contributed by atoms with E-state index in [2.05, 4.69) is 10.6 Å². The van der Waals surface area contributed by atoms with Crippen molar-refractivity contribution in [1.82, 2.24) is 5.32 Å². The highest BCUT2D eigenvalue weighted by molar-refractivity contribution is 6.03. The van der Waals surface area contributed by atoms with Crippen molar-refractivity contribution in [1.29, 1.82) is 0 Å².